The number of benzene rings is 1. The summed E-state index contributed by atoms with van der Waals surface area (Å²) in [6, 6.07) is 8.46. The van der Waals surface area contributed by atoms with Crippen molar-refractivity contribution in [1.82, 2.24) is 0 Å². The Morgan fingerprint density at radius 3 is 2.94 bits per heavy atom. The highest BCUT2D eigenvalue weighted by atomic mass is 17.2. The van der Waals surface area contributed by atoms with Crippen molar-refractivity contribution >= 4 is 0 Å². The van der Waals surface area contributed by atoms with Gasteiger partial charge in [0.1, 0.15) is 0 Å². The maximum absolute atomic E-state index is 5.76. The maximum Gasteiger partial charge on any atom is 0.191 e. The minimum absolute atomic E-state index is 0.219. The average molecular weight is 250 g/mol. The van der Waals surface area contributed by atoms with Crippen molar-refractivity contribution < 1.29 is 14.5 Å². The SMILES string of the molecule is CCC(C)c1ccccc1COC1CCCOO1. The van der Waals surface area contributed by atoms with Crippen LogP contribution in [0.5, 0.6) is 0 Å². The van der Waals surface area contributed by atoms with Gasteiger partial charge in [-0.05, 0) is 29.9 Å². The van der Waals surface area contributed by atoms with Gasteiger partial charge in [0.2, 0.25) is 0 Å². The van der Waals surface area contributed by atoms with Crippen LogP contribution < -0.4 is 0 Å². The Morgan fingerprint density at radius 1 is 1.39 bits per heavy atom. The highest BCUT2D eigenvalue weighted by Gasteiger charge is 2.16. The monoisotopic (exact) mass is 250 g/mol. The number of rotatable bonds is 5. The Morgan fingerprint density at radius 2 is 2.22 bits per heavy atom. The molecule has 1 aliphatic rings. The van der Waals surface area contributed by atoms with Crippen molar-refractivity contribution in [3.8, 4) is 0 Å². The molecular formula is C15H22O3. The first kappa shape index (κ1) is 13.5. The summed E-state index contributed by atoms with van der Waals surface area (Å²) >= 11 is 0. The summed E-state index contributed by atoms with van der Waals surface area (Å²) in [5.41, 5.74) is 2.62. The van der Waals surface area contributed by atoms with Gasteiger partial charge in [-0.1, -0.05) is 38.1 Å². The van der Waals surface area contributed by atoms with Crippen LogP contribution in [-0.2, 0) is 21.1 Å². The van der Waals surface area contributed by atoms with Crippen LogP contribution in [0.1, 0.15) is 50.2 Å². The average Bonchev–Trinajstić information content (AvgIpc) is 2.45. The van der Waals surface area contributed by atoms with Gasteiger partial charge in [-0.3, -0.25) is 0 Å². The van der Waals surface area contributed by atoms with E-state index in [1.807, 2.05) is 0 Å². The Balaban J connectivity index is 1.95. The van der Waals surface area contributed by atoms with Crippen LogP contribution in [0.4, 0.5) is 0 Å². The predicted octanol–water partition coefficient (Wildman–Crippen LogP) is 3.78. The molecule has 3 heteroatoms. The largest absolute Gasteiger partial charge is 0.345 e. The van der Waals surface area contributed by atoms with Crippen molar-refractivity contribution in [3.05, 3.63) is 35.4 Å². The van der Waals surface area contributed by atoms with Crippen molar-refractivity contribution in [2.75, 3.05) is 6.61 Å². The van der Waals surface area contributed by atoms with Crippen molar-refractivity contribution in [3.63, 3.8) is 0 Å². The molecule has 3 nitrogen and oxygen atoms in total. The quantitative estimate of drug-likeness (QED) is 0.744. The molecule has 2 rings (SSSR count). The third-order valence-electron chi connectivity index (χ3n) is 3.47. The zero-order chi connectivity index (χ0) is 12.8. The summed E-state index contributed by atoms with van der Waals surface area (Å²) in [5.74, 6) is 0.563. The van der Waals surface area contributed by atoms with E-state index in [1.165, 1.54) is 11.1 Å². The zero-order valence-corrected chi connectivity index (χ0v) is 11.2. The standard InChI is InChI=1S/C15H22O3/c1-3-12(2)14-8-5-4-7-13(14)11-16-15-9-6-10-17-18-15/h4-5,7-8,12,15H,3,6,9-11H2,1-2H3. The molecule has 0 N–H and O–H groups in total. The van der Waals surface area contributed by atoms with E-state index < -0.39 is 0 Å². The van der Waals surface area contributed by atoms with E-state index in [1.54, 1.807) is 0 Å². The van der Waals surface area contributed by atoms with Crippen molar-refractivity contribution in [1.29, 1.82) is 0 Å². The second kappa shape index (κ2) is 6.88. The Labute approximate surface area is 109 Å². The molecule has 0 spiro atoms. The van der Waals surface area contributed by atoms with Gasteiger partial charge < -0.3 is 4.74 Å². The van der Waals surface area contributed by atoms with E-state index in [9.17, 15) is 0 Å². The molecule has 0 amide bonds. The highest BCUT2D eigenvalue weighted by Crippen LogP contribution is 2.24. The topological polar surface area (TPSA) is 27.7 Å². The van der Waals surface area contributed by atoms with Crippen LogP contribution in [0.3, 0.4) is 0 Å². The smallest absolute Gasteiger partial charge is 0.191 e. The molecule has 1 aliphatic heterocycles. The molecule has 100 valence electrons. The summed E-state index contributed by atoms with van der Waals surface area (Å²) in [4.78, 5) is 10.0. The highest BCUT2D eigenvalue weighted by molar-refractivity contribution is 5.29. The third kappa shape index (κ3) is 3.55. The first-order valence-corrected chi connectivity index (χ1v) is 6.79. The lowest BCUT2D eigenvalue weighted by Gasteiger charge is -2.22. The molecule has 0 bridgehead atoms. The lowest BCUT2D eigenvalue weighted by molar-refractivity contribution is -0.400. The third-order valence-corrected chi connectivity index (χ3v) is 3.47. The Kier molecular flexibility index (Phi) is 5.17. The molecule has 1 heterocycles. The van der Waals surface area contributed by atoms with Gasteiger partial charge >= 0.3 is 0 Å². The fourth-order valence-corrected chi connectivity index (χ4v) is 2.14. The maximum atomic E-state index is 5.76. The van der Waals surface area contributed by atoms with E-state index in [0.717, 1.165) is 19.3 Å². The van der Waals surface area contributed by atoms with Crippen LogP contribution in [-0.4, -0.2) is 12.9 Å². The van der Waals surface area contributed by atoms with Gasteiger partial charge in [0.25, 0.3) is 0 Å². The van der Waals surface area contributed by atoms with Crippen LogP contribution in [0.2, 0.25) is 0 Å². The fourth-order valence-electron chi connectivity index (χ4n) is 2.14. The van der Waals surface area contributed by atoms with E-state index >= 15 is 0 Å². The summed E-state index contributed by atoms with van der Waals surface area (Å²) in [6.07, 6.45) is 2.83. The van der Waals surface area contributed by atoms with Gasteiger partial charge in [-0.25, -0.2) is 9.78 Å². The number of hydrogen-bond acceptors (Lipinski definition) is 3. The van der Waals surface area contributed by atoms with Gasteiger partial charge in [-0.15, -0.1) is 0 Å². The summed E-state index contributed by atoms with van der Waals surface area (Å²) < 4.78 is 5.76. The lowest BCUT2D eigenvalue weighted by Crippen LogP contribution is -2.23. The van der Waals surface area contributed by atoms with Crippen LogP contribution in [0.25, 0.3) is 0 Å². The molecular weight excluding hydrogens is 228 g/mol. The van der Waals surface area contributed by atoms with Crippen LogP contribution in [0, 0.1) is 0 Å². The lowest BCUT2D eigenvalue weighted by atomic mass is 9.94. The molecule has 1 aromatic rings. The first-order valence-electron chi connectivity index (χ1n) is 6.79. The molecule has 1 fully saturated rings. The predicted molar refractivity (Wildman–Crippen MR) is 70.0 cm³/mol. The first-order chi connectivity index (χ1) is 8.81. The molecule has 0 aromatic heterocycles. The van der Waals surface area contributed by atoms with Gasteiger partial charge in [-0.2, -0.15) is 0 Å². The molecule has 0 radical (unpaired) electrons. The molecule has 1 aromatic carbocycles. The second-order valence-electron chi connectivity index (χ2n) is 4.81. The van der Waals surface area contributed by atoms with E-state index in [0.29, 0.717) is 19.1 Å². The summed E-state index contributed by atoms with van der Waals surface area (Å²) in [6.45, 7) is 5.72. The van der Waals surface area contributed by atoms with E-state index in [2.05, 4.69) is 38.1 Å². The van der Waals surface area contributed by atoms with Crippen molar-refractivity contribution in [2.24, 2.45) is 0 Å². The number of hydrogen-bond donors (Lipinski definition) is 0. The van der Waals surface area contributed by atoms with Gasteiger partial charge in [0, 0.05) is 6.42 Å². The van der Waals surface area contributed by atoms with Gasteiger partial charge in [0.15, 0.2) is 6.29 Å². The molecule has 2 atom stereocenters. The molecule has 2 unspecified atom stereocenters. The summed E-state index contributed by atoms with van der Waals surface area (Å²) in [7, 11) is 0. The van der Waals surface area contributed by atoms with Gasteiger partial charge in [0.05, 0.1) is 13.2 Å². The van der Waals surface area contributed by atoms with E-state index in [4.69, 9.17) is 14.5 Å². The second-order valence-corrected chi connectivity index (χ2v) is 4.81. The molecule has 0 saturated carbocycles. The van der Waals surface area contributed by atoms with E-state index in [-0.39, 0.29) is 6.29 Å². The number of ether oxygens (including phenoxy) is 1. The normalized spacial score (nSPS) is 21.8. The van der Waals surface area contributed by atoms with Crippen LogP contribution >= 0.6 is 0 Å². The molecule has 1 saturated heterocycles. The molecule has 0 aliphatic carbocycles. The minimum Gasteiger partial charge on any atom is -0.345 e. The van der Waals surface area contributed by atoms with Crippen molar-refractivity contribution in [2.45, 2.75) is 51.9 Å². The summed E-state index contributed by atoms with van der Waals surface area (Å²) in [5, 5.41) is 0. The Hall–Kier alpha value is -0.900. The fraction of sp³-hybridized carbons (Fsp3) is 0.600. The molecule has 18 heavy (non-hydrogen) atoms. The minimum atomic E-state index is -0.219. The van der Waals surface area contributed by atoms with Crippen LogP contribution in [0.15, 0.2) is 24.3 Å². The zero-order valence-electron chi connectivity index (χ0n) is 11.2. The Bertz CT molecular complexity index is 359.